The highest BCUT2D eigenvalue weighted by Crippen LogP contribution is 2.28. The summed E-state index contributed by atoms with van der Waals surface area (Å²) in [4.78, 5) is 16.5. The lowest BCUT2D eigenvalue weighted by Crippen LogP contribution is -2.49. The molecule has 128 valence electrons. The number of nitrogens with one attached hydrogen (secondary N) is 1. The average Bonchev–Trinajstić information content (AvgIpc) is 2.57. The molecule has 1 amide bonds. The Morgan fingerprint density at radius 1 is 1.17 bits per heavy atom. The second kappa shape index (κ2) is 9.40. The number of carbonyl (C=O) groups is 1. The van der Waals surface area contributed by atoms with Gasteiger partial charge < -0.3 is 15.0 Å². The molecule has 5 nitrogen and oxygen atoms in total. The topological polar surface area (TPSA) is 44.8 Å². The van der Waals surface area contributed by atoms with Crippen molar-refractivity contribution >= 4 is 11.6 Å². The zero-order valence-electron chi connectivity index (χ0n) is 14.4. The minimum absolute atomic E-state index is 0.140. The number of piperazine rings is 1. The smallest absolute Gasteiger partial charge is 0.234 e. The lowest BCUT2D eigenvalue weighted by Gasteiger charge is -2.36. The van der Waals surface area contributed by atoms with Crippen molar-refractivity contribution in [1.82, 2.24) is 10.2 Å². The summed E-state index contributed by atoms with van der Waals surface area (Å²) >= 11 is 0. The molecule has 0 bridgehead atoms. The fourth-order valence-electron chi connectivity index (χ4n) is 2.81. The van der Waals surface area contributed by atoms with Gasteiger partial charge in [0.2, 0.25) is 5.91 Å². The van der Waals surface area contributed by atoms with Gasteiger partial charge >= 0.3 is 0 Å². The average molecular weight is 319 g/mol. The summed E-state index contributed by atoms with van der Waals surface area (Å²) in [6.45, 7) is 9.76. The number of hydrogen-bond acceptors (Lipinski definition) is 4. The molecule has 0 spiro atoms. The highest BCUT2D eigenvalue weighted by atomic mass is 16.5. The van der Waals surface area contributed by atoms with Gasteiger partial charge in [-0.2, -0.15) is 0 Å². The number of rotatable bonds is 8. The molecule has 5 heteroatoms. The van der Waals surface area contributed by atoms with Gasteiger partial charge in [-0.05, 0) is 25.5 Å². The van der Waals surface area contributed by atoms with E-state index in [0.29, 0.717) is 13.2 Å². The highest BCUT2D eigenvalue weighted by molar-refractivity contribution is 5.78. The lowest BCUT2D eigenvalue weighted by molar-refractivity contribution is -0.122. The second-order valence-corrected chi connectivity index (χ2v) is 5.87. The predicted octanol–water partition coefficient (Wildman–Crippen LogP) is 2.12. The Morgan fingerprint density at radius 3 is 2.61 bits per heavy atom. The molecule has 1 aromatic carbocycles. The van der Waals surface area contributed by atoms with E-state index < -0.39 is 0 Å². The standard InChI is InChI=1S/C18H29N3O2/c1-3-5-10-19-18(22)15-20-11-13-21(14-12-20)16-8-6-7-9-17(16)23-4-2/h6-9H,3-5,10-15H2,1-2H3,(H,19,22). The molecular weight excluding hydrogens is 290 g/mol. The molecule has 0 saturated carbocycles. The number of ether oxygens (including phenoxy) is 1. The van der Waals surface area contributed by atoms with Crippen LogP contribution < -0.4 is 15.0 Å². The first-order chi connectivity index (χ1) is 11.2. The van der Waals surface area contributed by atoms with Crippen molar-refractivity contribution in [2.24, 2.45) is 0 Å². The second-order valence-electron chi connectivity index (χ2n) is 5.87. The van der Waals surface area contributed by atoms with Crippen LogP contribution in [0.15, 0.2) is 24.3 Å². The molecule has 1 aliphatic heterocycles. The van der Waals surface area contributed by atoms with Crippen LogP contribution in [0.3, 0.4) is 0 Å². The van der Waals surface area contributed by atoms with Crippen LogP contribution in [-0.4, -0.2) is 56.7 Å². The van der Waals surface area contributed by atoms with E-state index in [1.807, 2.05) is 25.1 Å². The van der Waals surface area contributed by atoms with Crippen LogP contribution in [0.5, 0.6) is 5.75 Å². The fourth-order valence-corrected chi connectivity index (χ4v) is 2.81. The largest absolute Gasteiger partial charge is 0.492 e. The number of carbonyl (C=O) groups excluding carboxylic acids is 1. The van der Waals surface area contributed by atoms with Gasteiger partial charge in [-0.25, -0.2) is 0 Å². The van der Waals surface area contributed by atoms with Gasteiger partial charge in [0.1, 0.15) is 5.75 Å². The van der Waals surface area contributed by atoms with E-state index in [0.717, 1.165) is 57.0 Å². The van der Waals surface area contributed by atoms with E-state index in [1.54, 1.807) is 0 Å². The van der Waals surface area contributed by atoms with Crippen molar-refractivity contribution in [2.75, 3.05) is 50.8 Å². The SMILES string of the molecule is CCCCNC(=O)CN1CCN(c2ccccc2OCC)CC1. The zero-order valence-corrected chi connectivity index (χ0v) is 14.4. The fraction of sp³-hybridized carbons (Fsp3) is 0.611. The van der Waals surface area contributed by atoms with Gasteiger partial charge in [0.05, 0.1) is 18.8 Å². The number of amides is 1. The van der Waals surface area contributed by atoms with E-state index in [2.05, 4.69) is 28.1 Å². The van der Waals surface area contributed by atoms with Crippen LogP contribution in [0, 0.1) is 0 Å². The van der Waals surface area contributed by atoms with Gasteiger partial charge in [0.25, 0.3) is 0 Å². The van der Waals surface area contributed by atoms with Gasteiger partial charge in [-0.3, -0.25) is 9.69 Å². The third-order valence-electron chi connectivity index (χ3n) is 4.10. The molecular formula is C18H29N3O2. The number of anilines is 1. The number of nitrogens with zero attached hydrogens (tertiary/aromatic N) is 2. The summed E-state index contributed by atoms with van der Waals surface area (Å²) in [6, 6.07) is 8.18. The summed E-state index contributed by atoms with van der Waals surface area (Å²) in [5.41, 5.74) is 1.15. The van der Waals surface area contributed by atoms with Crippen molar-refractivity contribution in [3.05, 3.63) is 24.3 Å². The molecule has 0 aromatic heterocycles. The minimum Gasteiger partial charge on any atom is -0.492 e. The zero-order chi connectivity index (χ0) is 16.5. The molecule has 1 N–H and O–H groups in total. The summed E-state index contributed by atoms with van der Waals surface area (Å²) in [5.74, 6) is 1.09. The van der Waals surface area contributed by atoms with E-state index in [-0.39, 0.29) is 5.91 Å². The van der Waals surface area contributed by atoms with Crippen LogP contribution in [0.2, 0.25) is 0 Å². The molecule has 0 radical (unpaired) electrons. The van der Waals surface area contributed by atoms with Crippen LogP contribution in [0.1, 0.15) is 26.7 Å². The third kappa shape index (κ3) is 5.43. The van der Waals surface area contributed by atoms with Gasteiger partial charge in [0.15, 0.2) is 0 Å². The highest BCUT2D eigenvalue weighted by Gasteiger charge is 2.20. The Kier molecular flexibility index (Phi) is 7.20. The predicted molar refractivity (Wildman–Crippen MR) is 94.2 cm³/mol. The van der Waals surface area contributed by atoms with Gasteiger partial charge in [-0.1, -0.05) is 25.5 Å². The van der Waals surface area contributed by atoms with E-state index >= 15 is 0 Å². The van der Waals surface area contributed by atoms with Crippen molar-refractivity contribution in [3.8, 4) is 5.75 Å². The summed E-state index contributed by atoms with van der Waals surface area (Å²) in [5, 5.41) is 2.99. The van der Waals surface area contributed by atoms with Crippen molar-refractivity contribution in [1.29, 1.82) is 0 Å². The first-order valence-electron chi connectivity index (χ1n) is 8.70. The maximum atomic E-state index is 11.9. The molecule has 0 aliphatic carbocycles. The molecule has 0 unspecified atom stereocenters. The molecule has 1 fully saturated rings. The first kappa shape index (κ1) is 17.6. The summed E-state index contributed by atoms with van der Waals surface area (Å²) in [6.07, 6.45) is 2.16. The normalized spacial score (nSPS) is 15.5. The van der Waals surface area contributed by atoms with Crippen LogP contribution >= 0.6 is 0 Å². The van der Waals surface area contributed by atoms with Crippen molar-refractivity contribution in [2.45, 2.75) is 26.7 Å². The maximum absolute atomic E-state index is 11.9. The molecule has 1 heterocycles. The summed E-state index contributed by atoms with van der Waals surface area (Å²) < 4.78 is 5.72. The van der Waals surface area contributed by atoms with E-state index in [9.17, 15) is 4.79 Å². The monoisotopic (exact) mass is 319 g/mol. The number of hydrogen-bond donors (Lipinski definition) is 1. The third-order valence-corrected chi connectivity index (χ3v) is 4.10. The Bertz CT molecular complexity index is 485. The molecule has 23 heavy (non-hydrogen) atoms. The number of unbranched alkanes of at least 4 members (excludes halogenated alkanes) is 1. The molecule has 0 atom stereocenters. The van der Waals surface area contributed by atoms with Crippen molar-refractivity contribution < 1.29 is 9.53 Å². The molecule has 1 saturated heterocycles. The molecule has 1 aliphatic rings. The van der Waals surface area contributed by atoms with Crippen LogP contribution in [0.4, 0.5) is 5.69 Å². The number of benzene rings is 1. The summed E-state index contributed by atoms with van der Waals surface area (Å²) in [7, 11) is 0. The Morgan fingerprint density at radius 2 is 1.91 bits per heavy atom. The first-order valence-corrected chi connectivity index (χ1v) is 8.70. The Balaban J connectivity index is 1.81. The molecule has 1 aromatic rings. The Hall–Kier alpha value is -1.75. The Labute approximate surface area is 139 Å². The van der Waals surface area contributed by atoms with Crippen molar-refractivity contribution in [3.63, 3.8) is 0 Å². The van der Waals surface area contributed by atoms with Crippen LogP contribution in [-0.2, 0) is 4.79 Å². The van der Waals surface area contributed by atoms with Gasteiger partial charge in [-0.15, -0.1) is 0 Å². The lowest BCUT2D eigenvalue weighted by atomic mass is 10.2. The quantitative estimate of drug-likeness (QED) is 0.746. The van der Waals surface area contributed by atoms with Crippen LogP contribution in [0.25, 0.3) is 0 Å². The van der Waals surface area contributed by atoms with E-state index in [4.69, 9.17) is 4.74 Å². The maximum Gasteiger partial charge on any atom is 0.234 e. The van der Waals surface area contributed by atoms with E-state index in [1.165, 1.54) is 0 Å². The number of para-hydroxylation sites is 2. The van der Waals surface area contributed by atoms with Gasteiger partial charge in [0, 0.05) is 32.7 Å². The molecule has 2 rings (SSSR count). The minimum atomic E-state index is 0.140.